The predicted molar refractivity (Wildman–Crippen MR) is 122 cm³/mol. The molecule has 3 fully saturated rings. The number of hydrogen-bond donors (Lipinski definition) is 1. The maximum Gasteiger partial charge on any atom is 0.224 e. The second-order valence-corrected chi connectivity index (χ2v) is 9.58. The van der Waals surface area contributed by atoms with Gasteiger partial charge in [-0.15, -0.1) is 0 Å². The Morgan fingerprint density at radius 2 is 1.76 bits per heavy atom. The summed E-state index contributed by atoms with van der Waals surface area (Å²) in [6.07, 6.45) is 18.2. The van der Waals surface area contributed by atoms with Gasteiger partial charge in [-0.2, -0.15) is 4.98 Å². The maximum absolute atomic E-state index is 4.89. The van der Waals surface area contributed by atoms with Gasteiger partial charge in [0.15, 0.2) is 0 Å². The summed E-state index contributed by atoms with van der Waals surface area (Å²) >= 11 is 0. The van der Waals surface area contributed by atoms with Crippen molar-refractivity contribution in [1.82, 2.24) is 14.9 Å². The van der Waals surface area contributed by atoms with Gasteiger partial charge in [-0.3, -0.25) is 4.90 Å². The van der Waals surface area contributed by atoms with Gasteiger partial charge >= 0.3 is 0 Å². The number of rotatable bonds is 6. The van der Waals surface area contributed by atoms with E-state index in [1.165, 1.54) is 83.6 Å². The maximum atomic E-state index is 4.89. The number of nitrogens with zero attached hydrogens (tertiary/aromatic N) is 4. The van der Waals surface area contributed by atoms with Crippen LogP contribution in [0.4, 0.5) is 11.8 Å². The molecule has 0 bridgehead atoms. The van der Waals surface area contributed by atoms with E-state index < -0.39 is 0 Å². The van der Waals surface area contributed by atoms with Gasteiger partial charge in [-0.1, -0.05) is 32.6 Å². The summed E-state index contributed by atoms with van der Waals surface area (Å²) < 4.78 is 0. The molecule has 5 nitrogen and oxygen atoms in total. The van der Waals surface area contributed by atoms with Gasteiger partial charge in [-0.25, -0.2) is 4.98 Å². The van der Waals surface area contributed by atoms with Gasteiger partial charge in [0.1, 0.15) is 5.82 Å². The molecule has 0 spiro atoms. The van der Waals surface area contributed by atoms with Crippen LogP contribution in [0.5, 0.6) is 0 Å². The minimum absolute atomic E-state index is 0.483. The van der Waals surface area contributed by atoms with Crippen molar-refractivity contribution < 1.29 is 0 Å². The lowest BCUT2D eigenvalue weighted by molar-refractivity contribution is 0.107. The molecule has 0 amide bonds. The van der Waals surface area contributed by atoms with Gasteiger partial charge in [0.05, 0.1) is 0 Å². The molecule has 1 aromatic heterocycles. The molecule has 0 aromatic carbocycles. The zero-order valence-electron chi connectivity index (χ0n) is 18.5. The van der Waals surface area contributed by atoms with Crippen molar-refractivity contribution in [1.29, 1.82) is 0 Å². The van der Waals surface area contributed by atoms with E-state index in [2.05, 4.69) is 33.1 Å². The highest BCUT2D eigenvalue weighted by atomic mass is 15.2. The van der Waals surface area contributed by atoms with Crippen LogP contribution in [0, 0.1) is 5.92 Å². The van der Waals surface area contributed by atoms with E-state index in [1.807, 2.05) is 6.20 Å². The molecule has 2 aliphatic heterocycles. The first-order valence-corrected chi connectivity index (χ1v) is 12.4. The van der Waals surface area contributed by atoms with Crippen LogP contribution in [0.2, 0.25) is 0 Å². The molecule has 0 radical (unpaired) electrons. The molecule has 3 aliphatic rings. The number of piperidine rings is 1. The lowest BCUT2D eigenvalue weighted by Crippen LogP contribution is -2.48. The average Bonchev–Trinajstić information content (AvgIpc) is 3.05. The Morgan fingerprint density at radius 3 is 2.52 bits per heavy atom. The number of likely N-dealkylation sites (tertiary alicyclic amines) is 1. The molecule has 1 saturated carbocycles. The van der Waals surface area contributed by atoms with Crippen molar-refractivity contribution >= 4 is 11.8 Å². The van der Waals surface area contributed by atoms with E-state index in [4.69, 9.17) is 4.98 Å². The monoisotopic (exact) mass is 399 g/mol. The van der Waals surface area contributed by atoms with Gasteiger partial charge in [0.25, 0.3) is 0 Å². The Bertz CT molecular complexity index is 605. The first kappa shape index (κ1) is 20.9. The summed E-state index contributed by atoms with van der Waals surface area (Å²) in [6.45, 7) is 7.02. The summed E-state index contributed by atoms with van der Waals surface area (Å²) in [7, 11) is 0. The highest BCUT2D eigenvalue weighted by Crippen LogP contribution is 2.32. The topological polar surface area (TPSA) is 44.3 Å². The second kappa shape index (κ2) is 10.6. The molecule has 1 atom stereocenters. The highest BCUT2D eigenvalue weighted by molar-refractivity contribution is 5.43. The molecule has 1 aliphatic carbocycles. The summed E-state index contributed by atoms with van der Waals surface area (Å²) in [5.74, 6) is 2.92. The van der Waals surface area contributed by atoms with E-state index in [9.17, 15) is 0 Å². The van der Waals surface area contributed by atoms with Crippen LogP contribution >= 0.6 is 0 Å². The third-order valence-corrected chi connectivity index (χ3v) is 7.39. The van der Waals surface area contributed by atoms with Crippen molar-refractivity contribution in [3.8, 4) is 0 Å². The van der Waals surface area contributed by atoms with Gasteiger partial charge in [0.2, 0.25) is 5.95 Å². The van der Waals surface area contributed by atoms with E-state index >= 15 is 0 Å². The Kier molecular flexibility index (Phi) is 7.64. The normalized spacial score (nSPS) is 29.4. The van der Waals surface area contributed by atoms with Gasteiger partial charge in [-0.05, 0) is 69.9 Å². The number of aromatic nitrogens is 2. The zero-order chi connectivity index (χ0) is 19.9. The van der Waals surface area contributed by atoms with Crippen LogP contribution in [-0.2, 0) is 0 Å². The average molecular weight is 400 g/mol. The smallest absolute Gasteiger partial charge is 0.224 e. The standard InChI is InChI=1S/C24H41N5/c1-2-8-20-10-12-22(13-11-20)29-18-7-9-21(19-29)26-24-25-15-14-23(27-24)28-16-5-3-4-6-17-28/h14-15,20-22H,2-13,16-19H2,1H3,(H,25,26,27). The van der Waals surface area contributed by atoms with Crippen LogP contribution in [0.1, 0.15) is 84.0 Å². The number of anilines is 2. The highest BCUT2D eigenvalue weighted by Gasteiger charge is 2.29. The van der Waals surface area contributed by atoms with Crippen molar-refractivity contribution in [2.75, 3.05) is 36.4 Å². The lowest BCUT2D eigenvalue weighted by Gasteiger charge is -2.41. The fourth-order valence-electron chi connectivity index (χ4n) is 5.74. The molecule has 5 heteroatoms. The Hall–Kier alpha value is -1.36. The Morgan fingerprint density at radius 1 is 0.966 bits per heavy atom. The van der Waals surface area contributed by atoms with Crippen molar-refractivity contribution in [2.24, 2.45) is 5.92 Å². The molecule has 2 saturated heterocycles. The van der Waals surface area contributed by atoms with Crippen LogP contribution < -0.4 is 10.2 Å². The first-order valence-electron chi connectivity index (χ1n) is 12.4. The molecular weight excluding hydrogens is 358 g/mol. The van der Waals surface area contributed by atoms with E-state index in [-0.39, 0.29) is 0 Å². The first-order chi connectivity index (χ1) is 14.3. The van der Waals surface area contributed by atoms with Crippen LogP contribution in [0.25, 0.3) is 0 Å². The van der Waals surface area contributed by atoms with E-state index in [1.54, 1.807) is 0 Å². The summed E-state index contributed by atoms with van der Waals surface area (Å²) in [4.78, 5) is 14.6. The fourth-order valence-corrected chi connectivity index (χ4v) is 5.74. The van der Waals surface area contributed by atoms with Crippen LogP contribution in [-0.4, -0.2) is 53.1 Å². The lowest BCUT2D eigenvalue weighted by atomic mass is 9.82. The van der Waals surface area contributed by atoms with Crippen LogP contribution in [0.3, 0.4) is 0 Å². The third-order valence-electron chi connectivity index (χ3n) is 7.39. The Balaban J connectivity index is 1.31. The minimum Gasteiger partial charge on any atom is -0.356 e. The number of nitrogens with one attached hydrogen (secondary N) is 1. The number of hydrogen-bond acceptors (Lipinski definition) is 5. The van der Waals surface area contributed by atoms with Gasteiger partial charge < -0.3 is 10.2 Å². The summed E-state index contributed by atoms with van der Waals surface area (Å²) in [5.41, 5.74) is 0. The summed E-state index contributed by atoms with van der Waals surface area (Å²) in [5, 5.41) is 3.68. The van der Waals surface area contributed by atoms with Gasteiger partial charge in [0, 0.05) is 37.9 Å². The van der Waals surface area contributed by atoms with E-state index in [0.717, 1.165) is 43.4 Å². The molecule has 29 heavy (non-hydrogen) atoms. The molecule has 162 valence electrons. The van der Waals surface area contributed by atoms with Crippen molar-refractivity contribution in [2.45, 2.75) is 96.1 Å². The fraction of sp³-hybridized carbons (Fsp3) is 0.833. The SMILES string of the molecule is CCCC1CCC(N2CCCC(Nc3nccc(N4CCCCCC4)n3)C2)CC1. The largest absolute Gasteiger partial charge is 0.356 e. The van der Waals surface area contributed by atoms with Crippen molar-refractivity contribution in [3.63, 3.8) is 0 Å². The minimum atomic E-state index is 0.483. The van der Waals surface area contributed by atoms with E-state index in [0.29, 0.717) is 6.04 Å². The molecule has 4 rings (SSSR count). The molecular formula is C24H41N5. The quantitative estimate of drug-likeness (QED) is 0.721. The molecule has 1 N–H and O–H groups in total. The third kappa shape index (κ3) is 5.84. The molecule has 3 heterocycles. The molecule has 1 unspecified atom stereocenters. The van der Waals surface area contributed by atoms with Crippen LogP contribution in [0.15, 0.2) is 12.3 Å². The zero-order valence-corrected chi connectivity index (χ0v) is 18.5. The summed E-state index contributed by atoms with van der Waals surface area (Å²) in [6, 6.07) is 3.37. The molecule has 1 aromatic rings. The van der Waals surface area contributed by atoms with Crippen molar-refractivity contribution in [3.05, 3.63) is 12.3 Å². The second-order valence-electron chi connectivity index (χ2n) is 9.58. The Labute approximate surface area is 177 Å². The predicted octanol–water partition coefficient (Wildman–Crippen LogP) is 5.09.